The lowest BCUT2D eigenvalue weighted by Gasteiger charge is -2.24. The van der Waals surface area contributed by atoms with Crippen molar-refractivity contribution in [3.05, 3.63) is 35.4 Å². The molecule has 0 aliphatic heterocycles. The fraction of sp³-hybridized carbons (Fsp3) is 0.571. The molecule has 0 saturated heterocycles. The second kappa shape index (κ2) is 5.51. The second-order valence-corrected chi connectivity index (χ2v) is 5.18. The third-order valence-corrected chi connectivity index (χ3v) is 3.87. The van der Waals surface area contributed by atoms with Crippen LogP contribution in [0.5, 0.6) is 0 Å². The molecule has 0 unspecified atom stereocenters. The third kappa shape index (κ3) is 3.28. The maximum absolute atomic E-state index is 12.4. The van der Waals surface area contributed by atoms with E-state index in [1.807, 2.05) is 0 Å². The maximum atomic E-state index is 12.4. The van der Waals surface area contributed by atoms with E-state index in [1.165, 1.54) is 12.1 Å². The molecule has 1 aliphatic carbocycles. The Hall–Kier alpha value is -1.07. The second-order valence-electron chi connectivity index (χ2n) is 5.18. The summed E-state index contributed by atoms with van der Waals surface area (Å²) in [7, 11) is 0. The molecule has 0 radical (unpaired) electrons. The highest BCUT2D eigenvalue weighted by Gasteiger charge is 2.32. The van der Waals surface area contributed by atoms with Crippen LogP contribution in [0.3, 0.4) is 0 Å². The molecule has 5 heteroatoms. The molecule has 1 aromatic rings. The van der Waals surface area contributed by atoms with Gasteiger partial charge in [-0.3, -0.25) is 0 Å². The zero-order valence-corrected chi connectivity index (χ0v) is 10.5. The van der Waals surface area contributed by atoms with Gasteiger partial charge in [0.2, 0.25) is 0 Å². The van der Waals surface area contributed by atoms with E-state index in [9.17, 15) is 18.3 Å². The fourth-order valence-corrected chi connectivity index (χ4v) is 2.68. The first-order valence-corrected chi connectivity index (χ1v) is 6.50. The molecule has 3 N–H and O–H groups in total. The number of rotatable bonds is 3. The number of aliphatic hydroxyl groups excluding tert-OH is 1. The molecule has 1 aromatic carbocycles. The Labute approximate surface area is 110 Å². The van der Waals surface area contributed by atoms with Crippen molar-refractivity contribution in [1.29, 1.82) is 0 Å². The van der Waals surface area contributed by atoms with Gasteiger partial charge in [-0.05, 0) is 36.5 Å². The average molecular weight is 273 g/mol. The van der Waals surface area contributed by atoms with Gasteiger partial charge in [0.1, 0.15) is 0 Å². The van der Waals surface area contributed by atoms with Crippen LogP contribution in [0.15, 0.2) is 24.3 Å². The first-order valence-electron chi connectivity index (χ1n) is 6.50. The van der Waals surface area contributed by atoms with Gasteiger partial charge in [0.25, 0.3) is 0 Å². The summed E-state index contributed by atoms with van der Waals surface area (Å²) in [6.45, 7) is 0. The summed E-state index contributed by atoms with van der Waals surface area (Å²) < 4.78 is 37.3. The minimum atomic E-state index is -4.34. The summed E-state index contributed by atoms with van der Waals surface area (Å²) in [5.41, 5.74) is 5.80. The predicted molar refractivity (Wildman–Crippen MR) is 66.3 cm³/mol. The van der Waals surface area contributed by atoms with Crippen molar-refractivity contribution in [2.45, 2.75) is 44.0 Å². The van der Waals surface area contributed by atoms with Crippen LogP contribution in [0.1, 0.15) is 42.9 Å². The van der Waals surface area contributed by atoms with Crippen LogP contribution in [0.4, 0.5) is 13.2 Å². The van der Waals surface area contributed by atoms with Crippen molar-refractivity contribution in [3.63, 3.8) is 0 Å². The summed E-state index contributed by atoms with van der Waals surface area (Å²) in [5, 5.41) is 10.2. The minimum absolute atomic E-state index is 0.164. The smallest absolute Gasteiger partial charge is 0.391 e. The summed E-state index contributed by atoms with van der Waals surface area (Å²) in [6.07, 6.45) is -0.972. The summed E-state index contributed by atoms with van der Waals surface area (Å²) in [6, 6.07) is 4.11. The Morgan fingerprint density at radius 1 is 1.11 bits per heavy atom. The summed E-state index contributed by atoms with van der Waals surface area (Å²) in [4.78, 5) is 0. The Balaban J connectivity index is 2.08. The van der Waals surface area contributed by atoms with Crippen molar-refractivity contribution in [2.75, 3.05) is 0 Å². The fourth-order valence-electron chi connectivity index (χ4n) is 2.68. The predicted octanol–water partition coefficient (Wildman–Crippen LogP) is 3.26. The highest BCUT2D eigenvalue weighted by atomic mass is 19.4. The summed E-state index contributed by atoms with van der Waals surface area (Å²) in [5.74, 6) is 0.164. The quantitative estimate of drug-likeness (QED) is 0.888. The van der Waals surface area contributed by atoms with Crippen molar-refractivity contribution in [2.24, 2.45) is 11.7 Å². The zero-order chi connectivity index (χ0) is 14.0. The van der Waals surface area contributed by atoms with Crippen LogP contribution < -0.4 is 5.73 Å². The monoisotopic (exact) mass is 273 g/mol. The molecule has 106 valence electrons. The molecular formula is C14H18F3NO. The van der Waals surface area contributed by atoms with Crippen molar-refractivity contribution in [1.82, 2.24) is 0 Å². The third-order valence-electron chi connectivity index (χ3n) is 3.87. The molecule has 0 heterocycles. The van der Waals surface area contributed by atoms with E-state index in [0.29, 0.717) is 5.56 Å². The maximum Gasteiger partial charge on any atom is 0.416 e. The standard InChI is InChI=1S/C14H18F3NO/c15-14(16,17)11-7-5-9(6-8-11)12(18)13(19)10-3-1-2-4-10/h5-8,10,12-13,19H,1-4,18H2/t12-,13+/m0/s1. The van der Waals surface area contributed by atoms with E-state index in [1.54, 1.807) is 0 Å². The first-order chi connectivity index (χ1) is 8.89. The molecule has 1 aliphatic rings. The Bertz CT molecular complexity index is 410. The van der Waals surface area contributed by atoms with Gasteiger partial charge in [-0.15, -0.1) is 0 Å². The molecule has 2 rings (SSSR count). The molecule has 2 atom stereocenters. The zero-order valence-electron chi connectivity index (χ0n) is 10.5. The first kappa shape index (κ1) is 14.3. The number of alkyl halides is 3. The molecule has 2 nitrogen and oxygen atoms in total. The van der Waals surface area contributed by atoms with E-state index < -0.39 is 23.9 Å². The van der Waals surface area contributed by atoms with Gasteiger partial charge in [-0.1, -0.05) is 25.0 Å². The number of hydrogen-bond acceptors (Lipinski definition) is 2. The van der Waals surface area contributed by atoms with Gasteiger partial charge in [-0.2, -0.15) is 13.2 Å². The van der Waals surface area contributed by atoms with E-state index in [-0.39, 0.29) is 5.92 Å². The van der Waals surface area contributed by atoms with Crippen molar-refractivity contribution in [3.8, 4) is 0 Å². The highest BCUT2D eigenvalue weighted by Crippen LogP contribution is 2.34. The van der Waals surface area contributed by atoms with Crippen LogP contribution in [-0.2, 0) is 6.18 Å². The van der Waals surface area contributed by atoms with E-state index >= 15 is 0 Å². The van der Waals surface area contributed by atoms with E-state index in [4.69, 9.17) is 5.73 Å². The lowest BCUT2D eigenvalue weighted by atomic mass is 9.90. The molecule has 1 fully saturated rings. The van der Waals surface area contributed by atoms with Crippen LogP contribution >= 0.6 is 0 Å². The van der Waals surface area contributed by atoms with Crippen LogP contribution in [0.25, 0.3) is 0 Å². The van der Waals surface area contributed by atoms with Gasteiger partial charge in [0.05, 0.1) is 17.7 Å². The van der Waals surface area contributed by atoms with Crippen LogP contribution in [0.2, 0.25) is 0 Å². The van der Waals surface area contributed by atoms with Crippen molar-refractivity contribution >= 4 is 0 Å². The molecule has 0 spiro atoms. The Morgan fingerprint density at radius 2 is 1.63 bits per heavy atom. The molecule has 19 heavy (non-hydrogen) atoms. The van der Waals surface area contributed by atoms with Gasteiger partial charge in [0, 0.05) is 0 Å². The molecule has 0 amide bonds. The normalized spacial score (nSPS) is 20.5. The number of benzene rings is 1. The Morgan fingerprint density at radius 3 is 2.11 bits per heavy atom. The number of hydrogen-bond donors (Lipinski definition) is 2. The van der Waals surface area contributed by atoms with Gasteiger partial charge < -0.3 is 10.8 Å². The lowest BCUT2D eigenvalue weighted by molar-refractivity contribution is -0.137. The van der Waals surface area contributed by atoms with Gasteiger partial charge in [-0.25, -0.2) is 0 Å². The number of aliphatic hydroxyl groups is 1. The van der Waals surface area contributed by atoms with Gasteiger partial charge >= 0.3 is 6.18 Å². The molecule has 0 bridgehead atoms. The SMILES string of the molecule is N[C@@H](c1ccc(C(F)(F)F)cc1)[C@H](O)C1CCCC1. The topological polar surface area (TPSA) is 46.2 Å². The largest absolute Gasteiger partial charge is 0.416 e. The van der Waals surface area contributed by atoms with Crippen molar-refractivity contribution < 1.29 is 18.3 Å². The Kier molecular flexibility index (Phi) is 4.16. The van der Waals surface area contributed by atoms with Gasteiger partial charge in [0.15, 0.2) is 0 Å². The van der Waals surface area contributed by atoms with E-state index in [0.717, 1.165) is 37.8 Å². The highest BCUT2D eigenvalue weighted by molar-refractivity contribution is 5.27. The van der Waals surface area contributed by atoms with Crippen LogP contribution in [-0.4, -0.2) is 11.2 Å². The van der Waals surface area contributed by atoms with E-state index in [2.05, 4.69) is 0 Å². The summed E-state index contributed by atoms with van der Waals surface area (Å²) >= 11 is 0. The number of halogens is 3. The molecular weight excluding hydrogens is 255 g/mol. The lowest BCUT2D eigenvalue weighted by Crippen LogP contribution is -2.31. The molecule has 0 aromatic heterocycles. The average Bonchev–Trinajstić information content (AvgIpc) is 2.90. The molecule has 1 saturated carbocycles. The minimum Gasteiger partial charge on any atom is -0.391 e. The van der Waals surface area contributed by atoms with Crippen LogP contribution in [0, 0.1) is 5.92 Å². The number of nitrogens with two attached hydrogens (primary N) is 1.